The zero-order valence-electron chi connectivity index (χ0n) is 13.4. The number of nitrogens with one attached hydrogen (secondary N) is 1. The second-order valence-corrected chi connectivity index (χ2v) is 6.91. The van der Waals surface area contributed by atoms with Gasteiger partial charge in [0, 0.05) is 32.0 Å². The van der Waals surface area contributed by atoms with Crippen LogP contribution in [0, 0.1) is 0 Å². The third-order valence-electron chi connectivity index (χ3n) is 4.07. The molecule has 2 heterocycles. The monoisotopic (exact) mass is 330 g/mol. The van der Waals surface area contributed by atoms with Crippen molar-refractivity contribution in [1.29, 1.82) is 0 Å². The number of hydrogen-bond donors (Lipinski definition) is 1. The summed E-state index contributed by atoms with van der Waals surface area (Å²) in [4.78, 5) is 13.9. The lowest BCUT2D eigenvalue weighted by Crippen LogP contribution is -2.44. The molecule has 1 unspecified atom stereocenters. The summed E-state index contributed by atoms with van der Waals surface area (Å²) in [7, 11) is 0. The van der Waals surface area contributed by atoms with Crippen LogP contribution >= 0.6 is 11.3 Å². The molecule has 2 amide bonds. The number of urea groups is 1. The quantitative estimate of drug-likeness (QED) is 0.937. The van der Waals surface area contributed by atoms with Crippen LogP contribution in [-0.4, -0.2) is 40.8 Å². The Balaban J connectivity index is 1.64. The van der Waals surface area contributed by atoms with Crippen LogP contribution in [0.3, 0.4) is 0 Å². The number of nitrogens with zero attached hydrogens (tertiary/aromatic N) is 3. The summed E-state index contributed by atoms with van der Waals surface area (Å²) in [6, 6.07) is 10.4. The van der Waals surface area contributed by atoms with Crippen molar-refractivity contribution in [3.05, 3.63) is 45.9 Å². The molecule has 1 N–H and O–H groups in total. The van der Waals surface area contributed by atoms with Gasteiger partial charge < -0.3 is 10.2 Å². The van der Waals surface area contributed by atoms with Crippen molar-refractivity contribution >= 4 is 17.4 Å². The second-order valence-electron chi connectivity index (χ2n) is 5.82. The lowest BCUT2D eigenvalue weighted by Gasteiger charge is -2.31. The lowest BCUT2D eigenvalue weighted by atomic mass is 9.99. The summed E-state index contributed by atoms with van der Waals surface area (Å²) >= 11 is 1.68. The number of aromatic nitrogens is 2. The van der Waals surface area contributed by atoms with E-state index in [2.05, 4.69) is 27.6 Å². The van der Waals surface area contributed by atoms with Gasteiger partial charge in [-0.3, -0.25) is 0 Å². The number of piperidine rings is 1. The number of amides is 2. The minimum atomic E-state index is 0.0335. The molecular formula is C17H22N4OS. The van der Waals surface area contributed by atoms with Gasteiger partial charge in [-0.15, -0.1) is 21.5 Å². The number of benzene rings is 1. The fourth-order valence-corrected chi connectivity index (χ4v) is 3.90. The van der Waals surface area contributed by atoms with Gasteiger partial charge in [-0.2, -0.15) is 0 Å². The van der Waals surface area contributed by atoms with E-state index in [-0.39, 0.29) is 6.03 Å². The minimum absolute atomic E-state index is 0.0335. The summed E-state index contributed by atoms with van der Waals surface area (Å²) in [5.74, 6) is 0.313. The molecule has 1 saturated heterocycles. The Hall–Kier alpha value is -1.95. The van der Waals surface area contributed by atoms with E-state index in [0.29, 0.717) is 12.5 Å². The highest BCUT2D eigenvalue weighted by Crippen LogP contribution is 2.29. The minimum Gasteiger partial charge on any atom is -0.338 e. The van der Waals surface area contributed by atoms with Crippen molar-refractivity contribution in [2.75, 3.05) is 19.6 Å². The largest absolute Gasteiger partial charge is 0.338 e. The molecule has 23 heavy (non-hydrogen) atoms. The van der Waals surface area contributed by atoms with Gasteiger partial charge in [0.25, 0.3) is 0 Å². The van der Waals surface area contributed by atoms with E-state index in [1.807, 2.05) is 30.0 Å². The third-order valence-corrected chi connectivity index (χ3v) is 5.15. The number of carbonyl (C=O) groups excluding carboxylic acids is 1. The molecule has 0 aliphatic carbocycles. The van der Waals surface area contributed by atoms with Gasteiger partial charge in [0.2, 0.25) is 0 Å². The maximum atomic E-state index is 12.0. The maximum Gasteiger partial charge on any atom is 0.317 e. The lowest BCUT2D eigenvalue weighted by molar-refractivity contribution is 0.180. The van der Waals surface area contributed by atoms with E-state index in [9.17, 15) is 4.79 Å². The first-order valence-corrected chi connectivity index (χ1v) is 8.97. The van der Waals surface area contributed by atoms with Crippen LogP contribution in [0.4, 0.5) is 4.79 Å². The summed E-state index contributed by atoms with van der Waals surface area (Å²) in [6.07, 6.45) is 2.93. The van der Waals surface area contributed by atoms with Crippen LogP contribution in [0.2, 0.25) is 0 Å². The molecule has 3 rings (SSSR count). The number of likely N-dealkylation sites (tertiary alicyclic amines) is 1. The summed E-state index contributed by atoms with van der Waals surface area (Å²) in [6.45, 7) is 4.18. The molecule has 0 saturated carbocycles. The van der Waals surface area contributed by atoms with Crippen molar-refractivity contribution in [3.63, 3.8) is 0 Å². The first-order valence-electron chi connectivity index (χ1n) is 8.15. The van der Waals surface area contributed by atoms with Crippen LogP contribution in [0.25, 0.3) is 0 Å². The van der Waals surface area contributed by atoms with Gasteiger partial charge in [0.05, 0.1) is 0 Å². The summed E-state index contributed by atoms with van der Waals surface area (Å²) < 4.78 is 0. The van der Waals surface area contributed by atoms with Crippen LogP contribution in [0.5, 0.6) is 0 Å². The second kappa shape index (κ2) is 7.55. The molecule has 1 aliphatic rings. The van der Waals surface area contributed by atoms with Crippen molar-refractivity contribution in [1.82, 2.24) is 20.4 Å². The van der Waals surface area contributed by atoms with Gasteiger partial charge in [-0.05, 0) is 25.3 Å². The molecule has 122 valence electrons. The van der Waals surface area contributed by atoms with Crippen molar-refractivity contribution < 1.29 is 4.79 Å². The maximum absolute atomic E-state index is 12.0. The Bertz CT molecular complexity index is 643. The normalized spacial score (nSPS) is 18.0. The van der Waals surface area contributed by atoms with Crippen LogP contribution < -0.4 is 5.32 Å². The molecule has 1 aromatic carbocycles. The molecule has 0 radical (unpaired) electrons. The smallest absolute Gasteiger partial charge is 0.317 e. The highest BCUT2D eigenvalue weighted by molar-refractivity contribution is 7.11. The van der Waals surface area contributed by atoms with Gasteiger partial charge in [0.1, 0.15) is 10.0 Å². The van der Waals surface area contributed by atoms with E-state index in [4.69, 9.17) is 0 Å². The Morgan fingerprint density at radius 2 is 2.17 bits per heavy atom. The van der Waals surface area contributed by atoms with Crippen LogP contribution in [-0.2, 0) is 6.42 Å². The predicted molar refractivity (Wildman–Crippen MR) is 91.8 cm³/mol. The summed E-state index contributed by atoms with van der Waals surface area (Å²) in [5, 5.41) is 13.7. The molecule has 5 nitrogen and oxygen atoms in total. The standard InChI is InChI=1S/C17H22N4OS/c1-2-18-17(22)21-10-6-9-14(12-21)16-20-19-15(23-16)11-13-7-4-3-5-8-13/h3-5,7-8,14H,2,6,9-12H2,1H3,(H,18,22). The fourth-order valence-electron chi connectivity index (χ4n) is 2.90. The number of carbonyl (C=O) groups is 1. The zero-order valence-corrected chi connectivity index (χ0v) is 14.2. The Morgan fingerprint density at radius 3 is 2.96 bits per heavy atom. The van der Waals surface area contributed by atoms with E-state index < -0.39 is 0 Å². The van der Waals surface area contributed by atoms with Gasteiger partial charge in [-0.25, -0.2) is 4.79 Å². The Morgan fingerprint density at radius 1 is 1.35 bits per heavy atom. The molecule has 2 aromatic rings. The number of hydrogen-bond acceptors (Lipinski definition) is 4. The van der Waals surface area contributed by atoms with Crippen molar-refractivity contribution in [2.45, 2.75) is 32.1 Å². The predicted octanol–water partition coefficient (Wildman–Crippen LogP) is 3.04. The molecule has 6 heteroatoms. The van der Waals surface area contributed by atoms with E-state index in [1.165, 1.54) is 5.56 Å². The first-order chi connectivity index (χ1) is 11.3. The fraction of sp³-hybridized carbons (Fsp3) is 0.471. The molecular weight excluding hydrogens is 308 g/mol. The zero-order chi connectivity index (χ0) is 16.1. The SMILES string of the molecule is CCNC(=O)N1CCCC(c2nnc(Cc3ccccc3)s2)C1. The molecule has 1 fully saturated rings. The van der Waals surface area contributed by atoms with Crippen molar-refractivity contribution in [3.8, 4) is 0 Å². The van der Waals surface area contributed by atoms with Gasteiger partial charge >= 0.3 is 6.03 Å². The van der Waals surface area contributed by atoms with Crippen LogP contribution in [0.1, 0.15) is 41.3 Å². The van der Waals surface area contributed by atoms with E-state index in [1.54, 1.807) is 11.3 Å². The average Bonchev–Trinajstić information content (AvgIpc) is 3.05. The first kappa shape index (κ1) is 15.9. The Labute approximate surface area is 140 Å². The topological polar surface area (TPSA) is 58.1 Å². The Kier molecular flexibility index (Phi) is 5.23. The van der Waals surface area contributed by atoms with Crippen LogP contribution in [0.15, 0.2) is 30.3 Å². The highest BCUT2D eigenvalue weighted by atomic mass is 32.1. The molecule has 0 bridgehead atoms. The van der Waals surface area contributed by atoms with Gasteiger partial charge in [0.15, 0.2) is 0 Å². The molecule has 1 aliphatic heterocycles. The molecule has 1 aromatic heterocycles. The van der Waals surface area contributed by atoms with Crippen molar-refractivity contribution in [2.24, 2.45) is 0 Å². The summed E-state index contributed by atoms with van der Waals surface area (Å²) in [5.41, 5.74) is 1.25. The highest BCUT2D eigenvalue weighted by Gasteiger charge is 2.26. The van der Waals surface area contributed by atoms with E-state index in [0.717, 1.165) is 42.4 Å². The molecule has 1 atom stereocenters. The van der Waals surface area contributed by atoms with E-state index >= 15 is 0 Å². The molecule has 0 spiro atoms. The average molecular weight is 330 g/mol. The third kappa shape index (κ3) is 4.07. The van der Waals surface area contributed by atoms with Gasteiger partial charge in [-0.1, -0.05) is 30.3 Å². The number of rotatable bonds is 4.